The standard InChI is InChI=1S/C22H24BrN3O4/c1-15-8-9-19(17(23)13-15)30-14-21(28)25-24-20(27)10-11-22(29)26-12-4-6-16-5-2-3-7-18(16)26/h2-3,5,7-9,13H,4,6,10-12,14H2,1H3,(H,24,27)(H,25,28). The van der Waals surface area contributed by atoms with Crippen molar-refractivity contribution < 1.29 is 19.1 Å². The Balaban J connectivity index is 1.39. The topological polar surface area (TPSA) is 87.7 Å². The highest BCUT2D eigenvalue weighted by Gasteiger charge is 2.22. The van der Waals surface area contributed by atoms with E-state index >= 15 is 0 Å². The minimum atomic E-state index is -0.493. The van der Waals surface area contributed by atoms with Crippen molar-refractivity contribution in [2.45, 2.75) is 32.6 Å². The van der Waals surface area contributed by atoms with Gasteiger partial charge in [-0.1, -0.05) is 24.3 Å². The lowest BCUT2D eigenvalue weighted by molar-refractivity contribution is -0.130. The first kappa shape index (κ1) is 21.8. The first-order chi connectivity index (χ1) is 14.4. The van der Waals surface area contributed by atoms with Gasteiger partial charge in [0.2, 0.25) is 11.8 Å². The molecule has 1 aliphatic heterocycles. The van der Waals surface area contributed by atoms with Crippen molar-refractivity contribution in [3.05, 3.63) is 58.1 Å². The number of nitrogens with one attached hydrogen (secondary N) is 2. The maximum atomic E-state index is 12.6. The van der Waals surface area contributed by atoms with E-state index in [4.69, 9.17) is 4.74 Å². The molecule has 30 heavy (non-hydrogen) atoms. The monoisotopic (exact) mass is 473 g/mol. The van der Waals surface area contributed by atoms with Crippen LogP contribution in [0.2, 0.25) is 0 Å². The van der Waals surface area contributed by atoms with Crippen LogP contribution >= 0.6 is 15.9 Å². The van der Waals surface area contributed by atoms with E-state index in [2.05, 4.69) is 26.8 Å². The first-order valence-corrected chi connectivity index (χ1v) is 10.6. The molecule has 2 N–H and O–H groups in total. The molecule has 2 aromatic rings. The third-order valence-corrected chi connectivity index (χ3v) is 5.38. The van der Waals surface area contributed by atoms with E-state index in [1.165, 1.54) is 0 Å². The number of nitrogens with zero attached hydrogens (tertiary/aromatic N) is 1. The fourth-order valence-corrected chi connectivity index (χ4v) is 3.86. The van der Waals surface area contributed by atoms with Gasteiger partial charge in [-0.15, -0.1) is 0 Å². The largest absolute Gasteiger partial charge is 0.483 e. The number of benzene rings is 2. The number of ether oxygens (including phenoxy) is 1. The zero-order chi connectivity index (χ0) is 21.5. The lowest BCUT2D eigenvalue weighted by Gasteiger charge is -2.29. The SMILES string of the molecule is Cc1ccc(OCC(=O)NNC(=O)CCC(=O)N2CCCc3ccccc32)c(Br)c1. The van der Waals surface area contributed by atoms with E-state index < -0.39 is 11.8 Å². The molecule has 0 unspecified atom stereocenters. The fourth-order valence-electron chi connectivity index (χ4n) is 3.25. The van der Waals surface area contributed by atoms with Crippen LogP contribution in [0.3, 0.4) is 0 Å². The second-order valence-corrected chi connectivity index (χ2v) is 7.95. The highest BCUT2D eigenvalue weighted by molar-refractivity contribution is 9.10. The van der Waals surface area contributed by atoms with Gasteiger partial charge in [0.1, 0.15) is 5.75 Å². The summed E-state index contributed by atoms with van der Waals surface area (Å²) in [5.41, 5.74) is 7.75. The molecular formula is C22H24BrN3O4. The average molecular weight is 474 g/mol. The number of aryl methyl sites for hydroxylation is 2. The molecule has 0 aromatic heterocycles. The molecule has 0 fully saturated rings. The Morgan fingerprint density at radius 2 is 1.83 bits per heavy atom. The van der Waals surface area contributed by atoms with Crippen LogP contribution in [0.15, 0.2) is 46.9 Å². The Labute approximate surface area is 183 Å². The number of rotatable bonds is 6. The van der Waals surface area contributed by atoms with E-state index in [0.717, 1.165) is 34.1 Å². The molecule has 0 saturated carbocycles. The third-order valence-electron chi connectivity index (χ3n) is 4.76. The molecule has 3 rings (SSSR count). The Kier molecular flexibility index (Phi) is 7.46. The van der Waals surface area contributed by atoms with Crippen molar-refractivity contribution in [1.29, 1.82) is 0 Å². The number of hydrogen-bond acceptors (Lipinski definition) is 4. The van der Waals surface area contributed by atoms with Gasteiger partial charge in [0, 0.05) is 25.1 Å². The first-order valence-electron chi connectivity index (χ1n) is 9.79. The Bertz CT molecular complexity index is 948. The number of carbonyl (C=O) groups is 3. The van der Waals surface area contributed by atoms with Crippen molar-refractivity contribution in [2.75, 3.05) is 18.1 Å². The van der Waals surface area contributed by atoms with Crippen molar-refractivity contribution in [3.8, 4) is 5.75 Å². The second kappa shape index (κ2) is 10.2. The van der Waals surface area contributed by atoms with Gasteiger partial charge in [-0.3, -0.25) is 25.2 Å². The second-order valence-electron chi connectivity index (χ2n) is 7.10. The highest BCUT2D eigenvalue weighted by atomic mass is 79.9. The van der Waals surface area contributed by atoms with Crippen LogP contribution in [-0.4, -0.2) is 30.9 Å². The van der Waals surface area contributed by atoms with Crippen LogP contribution in [-0.2, 0) is 20.8 Å². The van der Waals surface area contributed by atoms with E-state index in [0.29, 0.717) is 12.3 Å². The Morgan fingerprint density at radius 1 is 1.07 bits per heavy atom. The van der Waals surface area contributed by atoms with Gasteiger partial charge < -0.3 is 9.64 Å². The molecule has 158 valence electrons. The van der Waals surface area contributed by atoms with Crippen molar-refractivity contribution in [2.24, 2.45) is 0 Å². The summed E-state index contributed by atoms with van der Waals surface area (Å²) in [5, 5.41) is 0. The molecule has 0 aliphatic carbocycles. The smallest absolute Gasteiger partial charge is 0.276 e. The molecule has 0 radical (unpaired) electrons. The minimum Gasteiger partial charge on any atom is -0.483 e. The molecule has 0 atom stereocenters. The van der Waals surface area contributed by atoms with Crippen LogP contribution in [0.4, 0.5) is 5.69 Å². The van der Waals surface area contributed by atoms with Crippen LogP contribution in [0, 0.1) is 6.92 Å². The van der Waals surface area contributed by atoms with Gasteiger partial charge in [-0.05, 0) is 65.0 Å². The number of fused-ring (bicyclic) bond motifs is 1. The normalized spacial score (nSPS) is 12.7. The quantitative estimate of drug-likeness (QED) is 0.631. The van der Waals surface area contributed by atoms with Crippen LogP contribution < -0.4 is 20.5 Å². The van der Waals surface area contributed by atoms with Crippen LogP contribution in [0.1, 0.15) is 30.4 Å². The van der Waals surface area contributed by atoms with Gasteiger partial charge in [0.25, 0.3) is 5.91 Å². The molecule has 2 aromatic carbocycles. The predicted octanol–water partition coefficient (Wildman–Crippen LogP) is 3.04. The molecule has 0 bridgehead atoms. The van der Waals surface area contributed by atoms with E-state index in [1.54, 1.807) is 11.0 Å². The number of carbonyl (C=O) groups excluding carboxylic acids is 3. The zero-order valence-corrected chi connectivity index (χ0v) is 18.3. The molecule has 0 spiro atoms. The molecule has 7 nitrogen and oxygen atoms in total. The summed E-state index contributed by atoms with van der Waals surface area (Å²) >= 11 is 3.37. The van der Waals surface area contributed by atoms with Gasteiger partial charge in [0.05, 0.1) is 4.47 Å². The van der Waals surface area contributed by atoms with Crippen molar-refractivity contribution in [3.63, 3.8) is 0 Å². The fraction of sp³-hybridized carbons (Fsp3) is 0.318. The average Bonchev–Trinajstić information content (AvgIpc) is 2.75. The zero-order valence-electron chi connectivity index (χ0n) is 16.7. The number of hydrazine groups is 1. The van der Waals surface area contributed by atoms with Crippen LogP contribution in [0.25, 0.3) is 0 Å². The Hall–Kier alpha value is -2.87. The maximum absolute atomic E-state index is 12.6. The van der Waals surface area contributed by atoms with E-state index in [9.17, 15) is 14.4 Å². The number of para-hydroxylation sites is 1. The molecular weight excluding hydrogens is 450 g/mol. The van der Waals surface area contributed by atoms with Crippen LogP contribution in [0.5, 0.6) is 5.75 Å². The summed E-state index contributed by atoms with van der Waals surface area (Å²) in [6.45, 7) is 2.36. The summed E-state index contributed by atoms with van der Waals surface area (Å²) < 4.78 is 6.17. The third kappa shape index (κ3) is 5.82. The summed E-state index contributed by atoms with van der Waals surface area (Å²) in [4.78, 5) is 38.2. The van der Waals surface area contributed by atoms with Crippen molar-refractivity contribution in [1.82, 2.24) is 10.9 Å². The van der Waals surface area contributed by atoms with E-state index in [-0.39, 0.29) is 25.4 Å². The van der Waals surface area contributed by atoms with Gasteiger partial charge in [-0.2, -0.15) is 0 Å². The molecule has 1 heterocycles. The lowest BCUT2D eigenvalue weighted by Crippen LogP contribution is -2.44. The number of amides is 3. The Morgan fingerprint density at radius 3 is 2.63 bits per heavy atom. The summed E-state index contributed by atoms with van der Waals surface area (Å²) in [7, 11) is 0. The maximum Gasteiger partial charge on any atom is 0.276 e. The molecule has 8 heteroatoms. The number of halogens is 1. The highest BCUT2D eigenvalue weighted by Crippen LogP contribution is 2.27. The molecule has 1 aliphatic rings. The van der Waals surface area contributed by atoms with Crippen molar-refractivity contribution >= 4 is 39.3 Å². The number of anilines is 1. The molecule has 0 saturated heterocycles. The van der Waals surface area contributed by atoms with E-state index in [1.807, 2.05) is 43.3 Å². The summed E-state index contributed by atoms with van der Waals surface area (Å²) in [6, 6.07) is 13.3. The van der Waals surface area contributed by atoms with Gasteiger partial charge in [0.15, 0.2) is 6.61 Å². The molecule has 3 amide bonds. The van der Waals surface area contributed by atoms with Gasteiger partial charge >= 0.3 is 0 Å². The predicted molar refractivity (Wildman–Crippen MR) is 117 cm³/mol. The summed E-state index contributed by atoms with van der Waals surface area (Å²) in [6.07, 6.45) is 1.92. The van der Waals surface area contributed by atoms with Gasteiger partial charge in [-0.25, -0.2) is 0 Å². The minimum absolute atomic E-state index is 0.0118. The lowest BCUT2D eigenvalue weighted by atomic mass is 10.0. The number of hydrogen-bond donors (Lipinski definition) is 2. The summed E-state index contributed by atoms with van der Waals surface area (Å²) in [5.74, 6) is -0.490.